The first-order valence-corrected chi connectivity index (χ1v) is 11.9. The van der Waals surface area contributed by atoms with Gasteiger partial charge in [0.25, 0.3) is 0 Å². The van der Waals surface area contributed by atoms with Crippen LogP contribution in [0.2, 0.25) is 0 Å². The summed E-state index contributed by atoms with van der Waals surface area (Å²) in [6.07, 6.45) is 1.14. The van der Waals surface area contributed by atoms with Crippen molar-refractivity contribution in [3.63, 3.8) is 0 Å². The molecule has 0 spiro atoms. The molecule has 0 aliphatic carbocycles. The zero-order valence-electron chi connectivity index (χ0n) is 17.9. The molecule has 0 bridgehead atoms. The molecule has 27 heavy (non-hydrogen) atoms. The number of hydrogen-bond donors (Lipinski definition) is 0. The Morgan fingerprint density at radius 3 is 0.852 bits per heavy atom. The summed E-state index contributed by atoms with van der Waals surface area (Å²) in [5, 5.41) is 4.53. The van der Waals surface area contributed by atoms with E-state index in [1.807, 2.05) is 0 Å². The van der Waals surface area contributed by atoms with Gasteiger partial charge in [-0.05, 0) is 118 Å². The molecule has 0 unspecified atom stereocenters. The van der Waals surface area contributed by atoms with Crippen LogP contribution in [0.4, 0.5) is 0 Å². The van der Waals surface area contributed by atoms with Crippen molar-refractivity contribution >= 4 is 23.2 Å². The van der Waals surface area contributed by atoms with Crippen molar-refractivity contribution in [3.8, 4) is 0 Å². The van der Waals surface area contributed by atoms with Gasteiger partial charge in [0.2, 0.25) is 0 Å². The van der Waals surface area contributed by atoms with Crippen LogP contribution >= 0.6 is 7.26 Å². The summed E-state index contributed by atoms with van der Waals surface area (Å²) >= 11 is 0. The topological polar surface area (TPSA) is 0 Å². The van der Waals surface area contributed by atoms with E-state index in [0.29, 0.717) is 0 Å². The Morgan fingerprint density at radius 2 is 0.667 bits per heavy atom. The van der Waals surface area contributed by atoms with Crippen molar-refractivity contribution in [2.75, 3.05) is 6.16 Å². The first kappa shape index (κ1) is 19.8. The van der Waals surface area contributed by atoms with Crippen LogP contribution in [0.15, 0.2) is 54.6 Å². The summed E-state index contributed by atoms with van der Waals surface area (Å²) < 4.78 is 0. The molecule has 3 rings (SSSR count). The summed E-state index contributed by atoms with van der Waals surface area (Å²) in [4.78, 5) is 0. The van der Waals surface area contributed by atoms with Gasteiger partial charge in [0.05, 0.1) is 6.16 Å². The Morgan fingerprint density at radius 1 is 0.444 bits per heavy atom. The number of rotatable bonds is 4. The highest BCUT2D eigenvalue weighted by molar-refractivity contribution is 7.95. The van der Waals surface area contributed by atoms with Crippen molar-refractivity contribution in [2.24, 2.45) is 0 Å². The molecule has 0 aliphatic rings. The maximum atomic E-state index is 2.43. The molecule has 140 valence electrons. The predicted molar refractivity (Wildman–Crippen MR) is 124 cm³/mol. The lowest BCUT2D eigenvalue weighted by Gasteiger charge is -2.28. The van der Waals surface area contributed by atoms with Crippen LogP contribution in [0.3, 0.4) is 0 Å². The molecule has 3 aromatic carbocycles. The molecule has 0 amide bonds. The lowest BCUT2D eigenvalue weighted by Crippen LogP contribution is -2.34. The Bertz CT molecular complexity index is 796. The molecular formula is C26H32P+. The summed E-state index contributed by atoms with van der Waals surface area (Å²) in [6, 6.07) is 21.4. The van der Waals surface area contributed by atoms with E-state index in [2.05, 4.69) is 103 Å². The van der Waals surface area contributed by atoms with Crippen LogP contribution in [-0.4, -0.2) is 6.16 Å². The molecule has 0 radical (unpaired) electrons. The maximum absolute atomic E-state index is 2.43. The van der Waals surface area contributed by atoms with Crippen molar-refractivity contribution in [3.05, 3.63) is 88.0 Å². The number of aryl methyl sites for hydroxylation is 6. The van der Waals surface area contributed by atoms with Crippen LogP contribution in [0.25, 0.3) is 0 Å². The fourth-order valence-electron chi connectivity index (χ4n) is 4.51. The molecule has 0 N–H and O–H groups in total. The third-order valence-corrected chi connectivity index (χ3v) is 9.78. The highest BCUT2D eigenvalue weighted by Gasteiger charge is 2.44. The highest BCUT2D eigenvalue weighted by atomic mass is 31.2. The second-order valence-electron chi connectivity index (χ2n) is 8.16. The largest absolute Gasteiger partial charge is 0.111 e. The first-order valence-electron chi connectivity index (χ1n) is 9.89. The second-order valence-corrected chi connectivity index (χ2v) is 12.0. The maximum Gasteiger partial charge on any atom is 0.111 e. The Labute approximate surface area is 166 Å². The molecular weight excluding hydrogens is 343 g/mol. The van der Waals surface area contributed by atoms with Crippen LogP contribution in [0, 0.1) is 41.5 Å². The fourth-order valence-corrected chi connectivity index (χ4v) is 9.04. The van der Waals surface area contributed by atoms with Crippen LogP contribution < -0.4 is 15.9 Å². The van der Waals surface area contributed by atoms with Crippen molar-refractivity contribution in [1.82, 2.24) is 0 Å². The van der Waals surface area contributed by atoms with Gasteiger partial charge in [0.1, 0.15) is 23.2 Å². The average molecular weight is 376 g/mol. The van der Waals surface area contributed by atoms with Gasteiger partial charge < -0.3 is 0 Å². The normalized spacial score (nSPS) is 11.7. The summed E-state index contributed by atoms with van der Waals surface area (Å²) in [6.45, 7) is 15.7. The van der Waals surface area contributed by atoms with Crippen molar-refractivity contribution in [2.45, 2.75) is 48.5 Å². The lowest BCUT2D eigenvalue weighted by atomic mass is 10.1. The molecule has 0 aromatic heterocycles. The van der Waals surface area contributed by atoms with Crippen LogP contribution in [0.5, 0.6) is 0 Å². The predicted octanol–water partition coefficient (Wildman–Crippen LogP) is 5.85. The van der Waals surface area contributed by atoms with Crippen molar-refractivity contribution < 1.29 is 0 Å². The van der Waals surface area contributed by atoms with Gasteiger partial charge in [0, 0.05) is 0 Å². The molecule has 0 heterocycles. The monoisotopic (exact) mass is 375 g/mol. The highest BCUT2D eigenvalue weighted by Crippen LogP contribution is 2.55. The summed E-state index contributed by atoms with van der Waals surface area (Å²) in [5.41, 5.74) is 8.15. The van der Waals surface area contributed by atoms with E-state index in [0.717, 1.165) is 6.16 Å². The van der Waals surface area contributed by atoms with Crippen molar-refractivity contribution in [1.29, 1.82) is 0 Å². The Kier molecular flexibility index (Phi) is 5.59. The van der Waals surface area contributed by atoms with Gasteiger partial charge in [-0.3, -0.25) is 0 Å². The third-order valence-electron chi connectivity index (χ3n) is 5.42. The van der Waals surface area contributed by atoms with Gasteiger partial charge in [0.15, 0.2) is 0 Å². The van der Waals surface area contributed by atoms with Crippen LogP contribution in [-0.2, 0) is 0 Å². The summed E-state index contributed by atoms with van der Waals surface area (Å²) in [7, 11) is -1.70. The van der Waals surface area contributed by atoms with Gasteiger partial charge >= 0.3 is 0 Å². The molecule has 0 saturated heterocycles. The number of hydrogen-bond acceptors (Lipinski definition) is 0. The molecule has 0 nitrogen and oxygen atoms in total. The number of benzene rings is 3. The Hall–Kier alpha value is -1.91. The molecule has 0 fully saturated rings. The minimum Gasteiger partial charge on any atom is -0.0561 e. The minimum absolute atomic E-state index is 1.14. The van der Waals surface area contributed by atoms with E-state index in [1.165, 1.54) is 49.3 Å². The van der Waals surface area contributed by atoms with E-state index in [-0.39, 0.29) is 0 Å². The molecule has 0 aliphatic heterocycles. The van der Waals surface area contributed by atoms with E-state index in [9.17, 15) is 0 Å². The van der Waals surface area contributed by atoms with Gasteiger partial charge in [-0.15, -0.1) is 0 Å². The van der Waals surface area contributed by atoms with Gasteiger partial charge in [-0.25, -0.2) is 0 Å². The van der Waals surface area contributed by atoms with E-state index in [1.54, 1.807) is 0 Å². The molecule has 0 saturated carbocycles. The standard InChI is InChI=1S/C26H32P/c1-8-27(24-12-18(2)9-19(3)13-24,25-14-20(4)10-21(5)15-25)26-16-22(6)11-23(7)17-26/h9-17H,8H2,1-7H3/q+1. The quantitative estimate of drug-likeness (QED) is 0.502. The summed E-state index contributed by atoms with van der Waals surface area (Å²) in [5.74, 6) is 0. The van der Waals surface area contributed by atoms with Gasteiger partial charge in [-0.2, -0.15) is 0 Å². The van der Waals surface area contributed by atoms with E-state index in [4.69, 9.17) is 0 Å². The second kappa shape index (κ2) is 7.61. The third kappa shape index (κ3) is 3.87. The average Bonchev–Trinajstić information content (AvgIpc) is 2.53. The SMILES string of the molecule is CC[P+](c1cc(C)cc(C)c1)(c1cc(C)cc(C)c1)c1cc(C)cc(C)c1. The van der Waals surface area contributed by atoms with Gasteiger partial charge in [-0.1, -0.05) is 18.2 Å². The Balaban J connectivity index is 2.43. The molecule has 0 atom stereocenters. The molecule has 1 heteroatoms. The zero-order valence-corrected chi connectivity index (χ0v) is 18.7. The fraction of sp³-hybridized carbons (Fsp3) is 0.308. The van der Waals surface area contributed by atoms with E-state index >= 15 is 0 Å². The zero-order chi connectivity index (χ0) is 19.8. The smallest absolute Gasteiger partial charge is 0.0561 e. The van der Waals surface area contributed by atoms with E-state index < -0.39 is 7.26 Å². The molecule has 3 aromatic rings. The minimum atomic E-state index is -1.70. The van der Waals surface area contributed by atoms with Crippen LogP contribution in [0.1, 0.15) is 40.3 Å². The lowest BCUT2D eigenvalue weighted by molar-refractivity contribution is 1.38. The first-order chi connectivity index (χ1) is 12.7.